The number of carbonyl (C=O) groups is 1. The Labute approximate surface area is 192 Å². The number of aromatic nitrogens is 7. The van der Waals surface area contributed by atoms with E-state index in [1.807, 2.05) is 0 Å². The van der Waals surface area contributed by atoms with E-state index in [0.717, 1.165) is 0 Å². The molecule has 3 heterocycles. The van der Waals surface area contributed by atoms with Crippen LogP contribution in [0.15, 0.2) is 42.9 Å². The van der Waals surface area contributed by atoms with Crippen LogP contribution in [-0.4, -0.2) is 47.7 Å². The summed E-state index contributed by atoms with van der Waals surface area (Å²) < 4.78 is 21.9. The van der Waals surface area contributed by atoms with E-state index >= 15 is 0 Å². The summed E-state index contributed by atoms with van der Waals surface area (Å²) in [6.07, 6.45) is 2.93. The second-order valence-electron chi connectivity index (χ2n) is 6.77. The van der Waals surface area contributed by atoms with Crippen LogP contribution in [0.25, 0.3) is 11.5 Å². The van der Waals surface area contributed by atoms with Crippen molar-refractivity contribution in [2.75, 3.05) is 7.11 Å². The Morgan fingerprint density at radius 1 is 1.12 bits per heavy atom. The van der Waals surface area contributed by atoms with Crippen LogP contribution in [0.4, 0.5) is 9.18 Å². The SMILES string of the molecule is COc1ccc(-n2ncnc2CNC(=O)NCc2nc(C)nn2-c2ccc(Cl)c(F)c2)nc1. The molecule has 2 N–H and O–H groups in total. The lowest BCUT2D eigenvalue weighted by Gasteiger charge is -2.10. The van der Waals surface area contributed by atoms with E-state index < -0.39 is 11.8 Å². The Kier molecular flexibility index (Phi) is 6.45. The highest BCUT2D eigenvalue weighted by molar-refractivity contribution is 6.30. The number of benzene rings is 1. The number of rotatable bonds is 7. The van der Waals surface area contributed by atoms with Gasteiger partial charge >= 0.3 is 6.03 Å². The maximum atomic E-state index is 13.8. The minimum atomic E-state index is -0.575. The summed E-state index contributed by atoms with van der Waals surface area (Å²) in [6, 6.07) is 7.32. The fourth-order valence-electron chi connectivity index (χ4n) is 2.97. The first kappa shape index (κ1) is 22.1. The van der Waals surface area contributed by atoms with Crippen molar-refractivity contribution in [1.29, 1.82) is 0 Å². The van der Waals surface area contributed by atoms with E-state index in [4.69, 9.17) is 16.3 Å². The number of halogens is 2. The Balaban J connectivity index is 1.38. The molecule has 0 aliphatic rings. The minimum absolute atomic E-state index is 0.00679. The lowest BCUT2D eigenvalue weighted by atomic mass is 10.3. The van der Waals surface area contributed by atoms with Gasteiger partial charge in [0.15, 0.2) is 17.5 Å². The number of amides is 2. The predicted molar refractivity (Wildman–Crippen MR) is 116 cm³/mol. The number of ether oxygens (including phenoxy) is 1. The summed E-state index contributed by atoms with van der Waals surface area (Å²) >= 11 is 5.75. The zero-order valence-corrected chi connectivity index (χ0v) is 18.4. The summed E-state index contributed by atoms with van der Waals surface area (Å²) in [7, 11) is 1.55. The molecule has 0 unspecified atom stereocenters. The fourth-order valence-corrected chi connectivity index (χ4v) is 3.09. The molecule has 2 amide bonds. The highest BCUT2D eigenvalue weighted by Gasteiger charge is 2.14. The Morgan fingerprint density at radius 3 is 2.61 bits per heavy atom. The van der Waals surface area contributed by atoms with Crippen LogP contribution in [0.2, 0.25) is 5.02 Å². The molecule has 0 aliphatic heterocycles. The largest absolute Gasteiger partial charge is 0.495 e. The molecule has 0 radical (unpaired) electrons. The quantitative estimate of drug-likeness (QED) is 0.424. The van der Waals surface area contributed by atoms with Crippen molar-refractivity contribution in [1.82, 2.24) is 45.1 Å². The van der Waals surface area contributed by atoms with E-state index in [2.05, 4.69) is 35.8 Å². The third-order valence-corrected chi connectivity index (χ3v) is 4.84. The van der Waals surface area contributed by atoms with Crippen LogP contribution in [0.3, 0.4) is 0 Å². The third kappa shape index (κ3) is 5.06. The number of carbonyl (C=O) groups excluding carboxylic acids is 1. The van der Waals surface area contributed by atoms with Gasteiger partial charge in [-0.15, -0.1) is 0 Å². The number of aryl methyl sites for hydroxylation is 1. The van der Waals surface area contributed by atoms with Gasteiger partial charge in [-0.1, -0.05) is 11.6 Å². The van der Waals surface area contributed by atoms with Crippen molar-refractivity contribution < 1.29 is 13.9 Å². The number of urea groups is 1. The molecule has 11 nitrogen and oxygen atoms in total. The average Bonchev–Trinajstić information content (AvgIpc) is 3.44. The monoisotopic (exact) mass is 471 g/mol. The molecule has 13 heteroatoms. The maximum Gasteiger partial charge on any atom is 0.315 e. The molecule has 33 heavy (non-hydrogen) atoms. The topological polar surface area (TPSA) is 125 Å². The molecular formula is C20H19ClFN9O2. The molecule has 0 saturated carbocycles. The normalized spacial score (nSPS) is 10.8. The van der Waals surface area contributed by atoms with E-state index in [1.54, 1.807) is 38.4 Å². The van der Waals surface area contributed by atoms with E-state index in [-0.39, 0.29) is 18.1 Å². The number of pyridine rings is 1. The van der Waals surface area contributed by atoms with Crippen LogP contribution < -0.4 is 15.4 Å². The molecule has 1 aromatic carbocycles. The lowest BCUT2D eigenvalue weighted by molar-refractivity contribution is 0.239. The van der Waals surface area contributed by atoms with Gasteiger partial charge in [-0.3, -0.25) is 0 Å². The van der Waals surface area contributed by atoms with E-state index in [1.165, 1.54) is 27.8 Å². The summed E-state index contributed by atoms with van der Waals surface area (Å²) in [4.78, 5) is 25.1. The Hall–Kier alpha value is -4.06. The molecule has 0 fully saturated rings. The van der Waals surface area contributed by atoms with Crippen LogP contribution in [0, 0.1) is 12.7 Å². The summed E-state index contributed by atoms with van der Waals surface area (Å²) in [5.41, 5.74) is 0.440. The highest BCUT2D eigenvalue weighted by Crippen LogP contribution is 2.19. The van der Waals surface area contributed by atoms with Gasteiger partial charge in [0.2, 0.25) is 0 Å². The second kappa shape index (κ2) is 9.61. The number of hydrogen-bond acceptors (Lipinski definition) is 7. The van der Waals surface area contributed by atoms with Crippen molar-refractivity contribution in [3.8, 4) is 17.3 Å². The highest BCUT2D eigenvalue weighted by atomic mass is 35.5. The summed E-state index contributed by atoms with van der Waals surface area (Å²) in [5, 5.41) is 13.8. The molecule has 0 bridgehead atoms. The van der Waals surface area contributed by atoms with Gasteiger partial charge in [-0.2, -0.15) is 14.9 Å². The molecule has 170 valence electrons. The maximum absolute atomic E-state index is 13.8. The lowest BCUT2D eigenvalue weighted by Crippen LogP contribution is -2.36. The standard InChI is InChI=1S/C20H19ClFN9O2/c1-12-28-19(30(29-12)13-3-5-15(21)16(22)7-13)10-25-20(32)24-9-18-26-11-27-31(18)17-6-4-14(33-2)8-23-17/h3-8,11H,9-10H2,1-2H3,(H2,24,25,32). The molecule has 4 aromatic rings. The van der Waals surface area contributed by atoms with Gasteiger partial charge in [-0.25, -0.2) is 28.8 Å². The third-order valence-electron chi connectivity index (χ3n) is 4.53. The second-order valence-corrected chi connectivity index (χ2v) is 7.17. The fraction of sp³-hybridized carbons (Fsp3) is 0.200. The number of nitrogens with zero attached hydrogens (tertiary/aromatic N) is 7. The average molecular weight is 472 g/mol. The van der Waals surface area contributed by atoms with Gasteiger partial charge in [0, 0.05) is 6.07 Å². The van der Waals surface area contributed by atoms with Crippen molar-refractivity contribution in [2.24, 2.45) is 0 Å². The van der Waals surface area contributed by atoms with Crippen LogP contribution >= 0.6 is 11.6 Å². The zero-order valence-electron chi connectivity index (χ0n) is 17.7. The number of methoxy groups -OCH3 is 1. The summed E-state index contributed by atoms with van der Waals surface area (Å²) in [5.74, 6) is 1.96. The first-order chi connectivity index (χ1) is 15.9. The molecule has 0 spiro atoms. The van der Waals surface area contributed by atoms with E-state index in [0.29, 0.717) is 34.7 Å². The van der Waals surface area contributed by atoms with Crippen molar-refractivity contribution in [3.05, 3.63) is 71.2 Å². The van der Waals surface area contributed by atoms with Crippen LogP contribution in [0.1, 0.15) is 17.5 Å². The molecule has 0 atom stereocenters. The molecule has 0 saturated heterocycles. The van der Waals surface area contributed by atoms with E-state index in [9.17, 15) is 9.18 Å². The molecular weight excluding hydrogens is 453 g/mol. The predicted octanol–water partition coefficient (Wildman–Crippen LogP) is 2.35. The van der Waals surface area contributed by atoms with Crippen molar-refractivity contribution in [3.63, 3.8) is 0 Å². The Bertz CT molecular complexity index is 1270. The Morgan fingerprint density at radius 2 is 1.91 bits per heavy atom. The molecule has 3 aromatic heterocycles. The van der Waals surface area contributed by atoms with Gasteiger partial charge in [0.05, 0.1) is 37.1 Å². The van der Waals surface area contributed by atoms with Gasteiger partial charge in [0.1, 0.15) is 23.7 Å². The van der Waals surface area contributed by atoms with Gasteiger partial charge < -0.3 is 15.4 Å². The van der Waals surface area contributed by atoms with Crippen molar-refractivity contribution in [2.45, 2.75) is 20.0 Å². The van der Waals surface area contributed by atoms with Gasteiger partial charge in [0.25, 0.3) is 0 Å². The van der Waals surface area contributed by atoms with Crippen LogP contribution in [-0.2, 0) is 13.1 Å². The molecule has 4 rings (SSSR count). The first-order valence-electron chi connectivity index (χ1n) is 9.73. The van der Waals surface area contributed by atoms with Gasteiger partial charge in [-0.05, 0) is 31.2 Å². The summed E-state index contributed by atoms with van der Waals surface area (Å²) in [6.45, 7) is 1.86. The number of hydrogen-bond donors (Lipinski definition) is 2. The number of nitrogens with one attached hydrogen (secondary N) is 2. The zero-order chi connectivity index (χ0) is 23.4. The first-order valence-corrected chi connectivity index (χ1v) is 10.1. The smallest absolute Gasteiger partial charge is 0.315 e. The van der Waals surface area contributed by atoms with Crippen LogP contribution in [0.5, 0.6) is 5.75 Å². The van der Waals surface area contributed by atoms with Crippen molar-refractivity contribution >= 4 is 17.6 Å². The molecule has 0 aliphatic carbocycles. The minimum Gasteiger partial charge on any atom is -0.495 e.